The van der Waals surface area contributed by atoms with Gasteiger partial charge in [-0.3, -0.25) is 4.79 Å². The molecule has 0 unspecified atom stereocenters. The van der Waals surface area contributed by atoms with E-state index in [0.717, 1.165) is 33.4 Å². The molecule has 0 atom stereocenters. The zero-order valence-corrected chi connectivity index (χ0v) is 18.1. The van der Waals surface area contributed by atoms with Crippen LogP contribution in [0.5, 0.6) is 5.75 Å². The van der Waals surface area contributed by atoms with E-state index in [1.165, 1.54) is 11.1 Å². The molecule has 156 valence electrons. The minimum absolute atomic E-state index is 0.0700. The molecule has 31 heavy (non-hydrogen) atoms. The molecule has 0 aliphatic heterocycles. The molecule has 4 aromatic rings. The molecule has 0 bridgehead atoms. The first kappa shape index (κ1) is 20.4. The highest BCUT2D eigenvalue weighted by Gasteiger charge is 2.13. The number of aromatic nitrogens is 1. The van der Waals surface area contributed by atoms with Gasteiger partial charge < -0.3 is 9.67 Å². The van der Waals surface area contributed by atoms with Gasteiger partial charge in [-0.25, -0.2) is 5.43 Å². The summed E-state index contributed by atoms with van der Waals surface area (Å²) in [6, 6.07) is 19.3. The molecule has 3 aromatic carbocycles. The third-order valence-corrected chi connectivity index (χ3v) is 5.41. The van der Waals surface area contributed by atoms with Gasteiger partial charge in [0.15, 0.2) is 0 Å². The van der Waals surface area contributed by atoms with Gasteiger partial charge in [-0.05, 0) is 79.9 Å². The van der Waals surface area contributed by atoms with Crippen molar-refractivity contribution in [1.82, 2.24) is 9.99 Å². The summed E-state index contributed by atoms with van der Waals surface area (Å²) >= 11 is 0. The van der Waals surface area contributed by atoms with Crippen LogP contribution in [0.25, 0.3) is 16.5 Å². The predicted molar refractivity (Wildman–Crippen MR) is 125 cm³/mol. The highest BCUT2D eigenvalue weighted by Crippen LogP contribution is 2.25. The number of hydrogen-bond donors (Lipinski definition) is 2. The van der Waals surface area contributed by atoms with Gasteiger partial charge in [-0.2, -0.15) is 5.10 Å². The van der Waals surface area contributed by atoms with Crippen molar-refractivity contribution in [1.29, 1.82) is 0 Å². The van der Waals surface area contributed by atoms with Crippen LogP contribution >= 0.6 is 0 Å². The quantitative estimate of drug-likeness (QED) is 0.352. The molecule has 1 aromatic heterocycles. The van der Waals surface area contributed by atoms with Crippen LogP contribution in [-0.4, -0.2) is 21.8 Å². The zero-order chi connectivity index (χ0) is 22.1. The molecule has 0 aliphatic carbocycles. The maximum atomic E-state index is 12.6. The van der Waals surface area contributed by atoms with Gasteiger partial charge in [0.2, 0.25) is 0 Å². The van der Waals surface area contributed by atoms with E-state index in [0.29, 0.717) is 0 Å². The summed E-state index contributed by atoms with van der Waals surface area (Å²) in [6.07, 6.45) is 1.64. The number of phenols is 1. The number of aromatic hydroxyl groups is 1. The van der Waals surface area contributed by atoms with Crippen molar-refractivity contribution in [2.45, 2.75) is 27.7 Å². The van der Waals surface area contributed by atoms with Crippen LogP contribution in [0.15, 0.2) is 65.8 Å². The molecule has 0 radical (unpaired) electrons. The molecule has 0 saturated carbocycles. The minimum atomic E-state index is -0.456. The van der Waals surface area contributed by atoms with E-state index in [9.17, 15) is 9.90 Å². The normalized spacial score (nSPS) is 11.4. The summed E-state index contributed by atoms with van der Waals surface area (Å²) < 4.78 is 2.18. The van der Waals surface area contributed by atoms with Crippen molar-refractivity contribution in [3.05, 3.63) is 94.3 Å². The highest BCUT2D eigenvalue weighted by molar-refractivity contribution is 6.01. The topological polar surface area (TPSA) is 66.6 Å². The SMILES string of the molecule is Cc1cc(C)cc(-n2c(C)cc(/C=N/NC(=O)c3cc4ccccc4cc3O)c2C)c1. The second kappa shape index (κ2) is 8.11. The molecule has 0 saturated heterocycles. The molecule has 1 amide bonds. The number of hydrogen-bond acceptors (Lipinski definition) is 3. The smallest absolute Gasteiger partial charge is 0.275 e. The van der Waals surface area contributed by atoms with Crippen molar-refractivity contribution in [3.63, 3.8) is 0 Å². The number of carbonyl (C=O) groups excluding carboxylic acids is 1. The maximum absolute atomic E-state index is 12.6. The molecular weight excluding hydrogens is 386 g/mol. The Morgan fingerprint density at radius 1 is 0.935 bits per heavy atom. The lowest BCUT2D eigenvalue weighted by Crippen LogP contribution is -2.17. The van der Waals surface area contributed by atoms with Gasteiger partial charge >= 0.3 is 0 Å². The van der Waals surface area contributed by atoms with Crippen LogP contribution in [0.4, 0.5) is 0 Å². The number of nitrogens with one attached hydrogen (secondary N) is 1. The number of benzene rings is 3. The second-order valence-corrected chi connectivity index (χ2v) is 7.92. The van der Waals surface area contributed by atoms with Crippen molar-refractivity contribution in [2.24, 2.45) is 5.10 Å². The molecule has 0 spiro atoms. The highest BCUT2D eigenvalue weighted by atomic mass is 16.3. The summed E-state index contributed by atoms with van der Waals surface area (Å²) in [5, 5.41) is 16.1. The molecular formula is C26H25N3O2. The fourth-order valence-corrected chi connectivity index (χ4v) is 4.03. The molecule has 1 heterocycles. The van der Waals surface area contributed by atoms with Crippen molar-refractivity contribution in [2.75, 3.05) is 0 Å². The lowest BCUT2D eigenvalue weighted by molar-refractivity contribution is 0.0952. The van der Waals surface area contributed by atoms with Crippen LogP contribution < -0.4 is 5.43 Å². The predicted octanol–water partition coefficient (Wildman–Crippen LogP) is 5.33. The lowest BCUT2D eigenvalue weighted by Gasteiger charge is -2.11. The van der Waals surface area contributed by atoms with E-state index in [1.807, 2.05) is 44.2 Å². The van der Waals surface area contributed by atoms with E-state index in [2.05, 4.69) is 47.1 Å². The summed E-state index contributed by atoms with van der Waals surface area (Å²) in [6.45, 7) is 8.26. The fourth-order valence-electron chi connectivity index (χ4n) is 4.03. The number of fused-ring (bicyclic) bond motifs is 1. The van der Waals surface area contributed by atoms with Crippen molar-refractivity contribution < 1.29 is 9.90 Å². The third-order valence-electron chi connectivity index (χ3n) is 5.41. The average Bonchev–Trinajstić information content (AvgIpc) is 2.99. The van der Waals surface area contributed by atoms with E-state index < -0.39 is 5.91 Å². The molecule has 0 fully saturated rings. The van der Waals surface area contributed by atoms with Gasteiger partial charge in [-0.1, -0.05) is 30.3 Å². The number of carbonyl (C=O) groups is 1. The van der Waals surface area contributed by atoms with Gasteiger partial charge in [0.1, 0.15) is 5.75 Å². The zero-order valence-electron chi connectivity index (χ0n) is 18.1. The monoisotopic (exact) mass is 411 g/mol. The van der Waals surface area contributed by atoms with Crippen LogP contribution in [0.2, 0.25) is 0 Å². The van der Waals surface area contributed by atoms with E-state index in [1.54, 1.807) is 18.3 Å². The first-order valence-corrected chi connectivity index (χ1v) is 10.2. The Kier molecular flexibility index (Phi) is 5.34. The molecule has 0 aliphatic rings. The van der Waals surface area contributed by atoms with E-state index >= 15 is 0 Å². The van der Waals surface area contributed by atoms with Gasteiger partial charge in [0.25, 0.3) is 5.91 Å². The Labute approximate surface area is 181 Å². The maximum Gasteiger partial charge on any atom is 0.275 e. The largest absolute Gasteiger partial charge is 0.507 e. The first-order valence-electron chi connectivity index (χ1n) is 10.2. The molecule has 5 heteroatoms. The Morgan fingerprint density at radius 3 is 2.26 bits per heavy atom. The van der Waals surface area contributed by atoms with Crippen LogP contribution in [-0.2, 0) is 0 Å². The number of amides is 1. The molecule has 4 rings (SSSR count). The lowest BCUT2D eigenvalue weighted by atomic mass is 10.1. The number of nitrogens with zero attached hydrogens (tertiary/aromatic N) is 2. The standard InChI is InChI=1S/C26H25N3O2/c1-16-9-17(2)11-23(10-16)29-18(3)12-22(19(29)4)15-27-28-26(31)24-13-20-7-5-6-8-21(20)14-25(24)30/h5-15,30H,1-4H3,(H,28,31)/b27-15+. The molecule has 5 nitrogen and oxygen atoms in total. The third kappa shape index (κ3) is 4.08. The first-order chi connectivity index (χ1) is 14.8. The fraction of sp³-hybridized carbons (Fsp3) is 0.154. The van der Waals surface area contributed by atoms with E-state index in [4.69, 9.17) is 0 Å². The van der Waals surface area contributed by atoms with Gasteiger partial charge in [-0.15, -0.1) is 0 Å². The Balaban J connectivity index is 1.57. The number of phenolic OH excluding ortho intramolecular Hbond substituents is 1. The van der Waals surface area contributed by atoms with Gasteiger partial charge in [0, 0.05) is 22.6 Å². The van der Waals surface area contributed by atoms with Crippen LogP contribution in [0, 0.1) is 27.7 Å². The number of aryl methyl sites for hydroxylation is 3. The van der Waals surface area contributed by atoms with E-state index in [-0.39, 0.29) is 11.3 Å². The summed E-state index contributed by atoms with van der Waals surface area (Å²) in [7, 11) is 0. The number of rotatable bonds is 4. The van der Waals surface area contributed by atoms with Crippen molar-refractivity contribution in [3.8, 4) is 11.4 Å². The Morgan fingerprint density at radius 2 is 1.58 bits per heavy atom. The summed E-state index contributed by atoms with van der Waals surface area (Å²) in [5.41, 5.74) is 9.28. The van der Waals surface area contributed by atoms with Gasteiger partial charge in [0.05, 0.1) is 11.8 Å². The number of hydrazone groups is 1. The van der Waals surface area contributed by atoms with Crippen LogP contribution in [0.3, 0.4) is 0 Å². The van der Waals surface area contributed by atoms with Crippen molar-refractivity contribution >= 4 is 22.9 Å². The summed E-state index contributed by atoms with van der Waals surface area (Å²) in [4.78, 5) is 12.6. The Bertz CT molecular complexity index is 1310. The van der Waals surface area contributed by atoms with Crippen LogP contribution in [0.1, 0.15) is 38.4 Å². The Hall–Kier alpha value is -3.86. The average molecular weight is 412 g/mol. The summed E-state index contributed by atoms with van der Waals surface area (Å²) in [5.74, 6) is -0.526. The molecule has 2 N–H and O–H groups in total. The second-order valence-electron chi connectivity index (χ2n) is 7.92. The minimum Gasteiger partial charge on any atom is -0.507 e.